The maximum Gasteiger partial charge on any atom is 0.329 e. The molecule has 7 nitrogen and oxygen atoms in total. The topological polar surface area (TPSA) is 92.8 Å². The number of ether oxygens (including phenoxy) is 1. The van der Waals surface area contributed by atoms with Crippen LogP contribution in [-0.4, -0.2) is 26.6 Å². The Morgan fingerprint density at radius 2 is 2.00 bits per heavy atom. The van der Waals surface area contributed by atoms with Crippen molar-refractivity contribution in [3.63, 3.8) is 0 Å². The highest BCUT2D eigenvalue weighted by atomic mass is 16.5. The summed E-state index contributed by atoms with van der Waals surface area (Å²) in [6, 6.07) is 0. The van der Waals surface area contributed by atoms with Gasteiger partial charge >= 0.3 is 5.69 Å². The number of rotatable bonds is 4. The monoisotopic (exact) mass is 266 g/mol. The summed E-state index contributed by atoms with van der Waals surface area (Å²) in [6.07, 6.45) is 0.557. The quantitative estimate of drug-likeness (QED) is 0.851. The van der Waals surface area contributed by atoms with Crippen LogP contribution < -0.4 is 11.2 Å². The van der Waals surface area contributed by atoms with Crippen LogP contribution in [0.15, 0.2) is 9.59 Å². The Kier molecular flexibility index (Phi) is 3.57. The molecule has 2 N–H and O–H groups in total. The van der Waals surface area contributed by atoms with Gasteiger partial charge < -0.3 is 9.72 Å². The zero-order valence-electron chi connectivity index (χ0n) is 11.5. The molecule has 0 radical (unpaired) electrons. The molecule has 7 heteroatoms. The van der Waals surface area contributed by atoms with Gasteiger partial charge in [-0.25, -0.2) is 9.78 Å². The number of methoxy groups -OCH3 is 1. The van der Waals surface area contributed by atoms with Crippen LogP contribution in [-0.2, 0) is 11.8 Å². The van der Waals surface area contributed by atoms with Crippen molar-refractivity contribution in [3.8, 4) is 0 Å². The number of nitrogens with one attached hydrogen (secondary N) is 2. The first-order chi connectivity index (χ1) is 8.93. The molecule has 0 amide bonds. The summed E-state index contributed by atoms with van der Waals surface area (Å²) < 4.78 is 6.39. The number of imidazole rings is 1. The van der Waals surface area contributed by atoms with E-state index in [2.05, 4.69) is 28.8 Å². The molecule has 104 valence electrons. The van der Waals surface area contributed by atoms with Gasteiger partial charge in [0.2, 0.25) is 0 Å². The first-order valence-corrected chi connectivity index (χ1v) is 6.15. The van der Waals surface area contributed by atoms with Gasteiger partial charge in [0.25, 0.3) is 5.56 Å². The number of hydrogen-bond acceptors (Lipinski definition) is 4. The van der Waals surface area contributed by atoms with Crippen LogP contribution in [0, 0.1) is 5.92 Å². The Labute approximate surface area is 109 Å². The minimum atomic E-state index is -0.478. The zero-order valence-corrected chi connectivity index (χ0v) is 11.5. The summed E-state index contributed by atoms with van der Waals surface area (Å²) >= 11 is 0. The fraction of sp³-hybridized carbons (Fsp3) is 0.583. The standard InChI is InChI=1S/C12H18N4O3/c1-6(2)5-7(19-4)9-13-8-10(14-9)15-12(18)16(3)11(8)17/h6-7H,5H2,1-4H3,(H,13,14)(H,15,18). The van der Waals surface area contributed by atoms with E-state index in [1.165, 1.54) is 7.05 Å². The molecular formula is C12H18N4O3. The lowest BCUT2D eigenvalue weighted by Gasteiger charge is -2.14. The molecule has 0 bridgehead atoms. The number of fused-ring (bicyclic) bond motifs is 1. The van der Waals surface area contributed by atoms with Crippen LogP contribution >= 0.6 is 0 Å². The third-order valence-electron chi connectivity index (χ3n) is 3.05. The molecule has 0 aliphatic rings. The van der Waals surface area contributed by atoms with Crippen molar-refractivity contribution in [1.29, 1.82) is 0 Å². The van der Waals surface area contributed by atoms with E-state index in [0.29, 0.717) is 17.3 Å². The number of aromatic nitrogens is 4. The van der Waals surface area contributed by atoms with Crippen molar-refractivity contribution < 1.29 is 4.74 Å². The summed E-state index contributed by atoms with van der Waals surface area (Å²) in [7, 11) is 3.02. The van der Waals surface area contributed by atoms with E-state index in [9.17, 15) is 9.59 Å². The van der Waals surface area contributed by atoms with Crippen LogP contribution in [0.2, 0.25) is 0 Å². The molecule has 2 aromatic rings. The first kappa shape index (κ1) is 13.5. The van der Waals surface area contributed by atoms with Crippen molar-refractivity contribution in [3.05, 3.63) is 26.7 Å². The van der Waals surface area contributed by atoms with Crippen molar-refractivity contribution in [1.82, 2.24) is 19.5 Å². The third-order valence-corrected chi connectivity index (χ3v) is 3.05. The zero-order chi connectivity index (χ0) is 14.2. The Hall–Kier alpha value is -1.89. The highest BCUT2D eigenvalue weighted by molar-refractivity contribution is 5.68. The van der Waals surface area contributed by atoms with Crippen molar-refractivity contribution >= 4 is 11.2 Å². The van der Waals surface area contributed by atoms with Crippen LogP contribution in [0.4, 0.5) is 0 Å². The molecule has 0 aliphatic carbocycles. The number of hydrogen-bond donors (Lipinski definition) is 2. The van der Waals surface area contributed by atoms with Crippen molar-refractivity contribution in [2.24, 2.45) is 13.0 Å². The highest BCUT2D eigenvalue weighted by Crippen LogP contribution is 2.22. The molecule has 2 rings (SSSR count). The van der Waals surface area contributed by atoms with E-state index >= 15 is 0 Å². The Morgan fingerprint density at radius 1 is 1.32 bits per heavy atom. The second-order valence-electron chi connectivity index (χ2n) is 4.99. The van der Waals surface area contributed by atoms with E-state index in [0.717, 1.165) is 11.0 Å². The molecule has 0 saturated heterocycles. The molecule has 19 heavy (non-hydrogen) atoms. The average Bonchev–Trinajstić information content (AvgIpc) is 2.76. The molecule has 0 aromatic carbocycles. The lowest BCUT2D eigenvalue weighted by Crippen LogP contribution is -2.32. The van der Waals surface area contributed by atoms with Gasteiger partial charge in [-0.3, -0.25) is 14.3 Å². The van der Waals surface area contributed by atoms with E-state index in [4.69, 9.17) is 4.74 Å². The van der Waals surface area contributed by atoms with Gasteiger partial charge in [0.15, 0.2) is 5.65 Å². The maximum absolute atomic E-state index is 11.9. The molecule has 2 heterocycles. The fourth-order valence-electron chi connectivity index (χ4n) is 1.98. The highest BCUT2D eigenvalue weighted by Gasteiger charge is 2.18. The number of nitrogens with zero attached hydrogens (tertiary/aromatic N) is 2. The lowest BCUT2D eigenvalue weighted by molar-refractivity contribution is 0.0783. The predicted molar refractivity (Wildman–Crippen MR) is 71.2 cm³/mol. The van der Waals surface area contributed by atoms with Crippen LogP contribution in [0.25, 0.3) is 11.2 Å². The summed E-state index contributed by atoms with van der Waals surface area (Å²) in [5, 5.41) is 0. The van der Waals surface area contributed by atoms with Gasteiger partial charge in [-0.2, -0.15) is 0 Å². The van der Waals surface area contributed by atoms with Crippen LogP contribution in [0.1, 0.15) is 32.2 Å². The van der Waals surface area contributed by atoms with Gasteiger partial charge in [0.05, 0.1) is 0 Å². The summed E-state index contributed by atoms with van der Waals surface area (Å²) in [6.45, 7) is 4.16. The molecule has 2 aromatic heterocycles. The minimum absolute atomic E-state index is 0.222. The molecule has 0 fully saturated rings. The van der Waals surface area contributed by atoms with E-state index in [-0.39, 0.29) is 11.8 Å². The van der Waals surface area contributed by atoms with Crippen LogP contribution in [0.3, 0.4) is 0 Å². The fourth-order valence-corrected chi connectivity index (χ4v) is 1.98. The summed E-state index contributed by atoms with van der Waals surface area (Å²) in [5.74, 6) is 0.991. The SMILES string of the molecule is COC(CC(C)C)c1nc2[nH]c(=O)n(C)c(=O)c2[nH]1. The van der Waals surface area contributed by atoms with Crippen molar-refractivity contribution in [2.45, 2.75) is 26.4 Å². The second-order valence-corrected chi connectivity index (χ2v) is 4.99. The summed E-state index contributed by atoms with van der Waals surface area (Å²) in [4.78, 5) is 33.2. The predicted octanol–water partition coefficient (Wildman–Crippen LogP) is 0.683. The molecule has 0 spiro atoms. The third kappa shape index (κ3) is 2.46. The molecule has 0 saturated carbocycles. The summed E-state index contributed by atoms with van der Waals surface area (Å²) in [5.41, 5.74) is -0.304. The van der Waals surface area contributed by atoms with Gasteiger partial charge in [0, 0.05) is 14.2 Å². The van der Waals surface area contributed by atoms with E-state index in [1.807, 2.05) is 0 Å². The second kappa shape index (κ2) is 5.00. The Balaban J connectivity index is 2.55. The Bertz CT molecular complexity index is 695. The van der Waals surface area contributed by atoms with E-state index in [1.54, 1.807) is 7.11 Å². The molecule has 0 aliphatic heterocycles. The first-order valence-electron chi connectivity index (χ1n) is 6.15. The van der Waals surface area contributed by atoms with Crippen molar-refractivity contribution in [2.75, 3.05) is 7.11 Å². The molecule has 1 atom stereocenters. The van der Waals surface area contributed by atoms with Gasteiger partial charge in [0.1, 0.15) is 17.4 Å². The molecule has 1 unspecified atom stereocenters. The Morgan fingerprint density at radius 3 is 2.58 bits per heavy atom. The molecular weight excluding hydrogens is 248 g/mol. The smallest absolute Gasteiger partial charge is 0.329 e. The van der Waals surface area contributed by atoms with Crippen LogP contribution in [0.5, 0.6) is 0 Å². The van der Waals surface area contributed by atoms with Gasteiger partial charge in [-0.1, -0.05) is 13.8 Å². The van der Waals surface area contributed by atoms with Gasteiger partial charge in [-0.05, 0) is 12.3 Å². The van der Waals surface area contributed by atoms with E-state index < -0.39 is 11.2 Å². The maximum atomic E-state index is 11.9. The lowest BCUT2D eigenvalue weighted by atomic mass is 10.1. The van der Waals surface area contributed by atoms with Gasteiger partial charge in [-0.15, -0.1) is 0 Å². The minimum Gasteiger partial charge on any atom is -0.374 e. The number of H-pyrrole nitrogens is 2. The average molecular weight is 266 g/mol. The normalized spacial score (nSPS) is 13.3. The largest absolute Gasteiger partial charge is 0.374 e. The number of aromatic amines is 2.